The van der Waals surface area contributed by atoms with E-state index in [0.717, 1.165) is 0 Å². The molecular weight excluding hydrogens is 347 g/mol. The lowest BCUT2D eigenvalue weighted by atomic mass is 9.94. The van der Waals surface area contributed by atoms with Crippen LogP contribution in [0, 0.1) is 0 Å². The van der Waals surface area contributed by atoms with Gasteiger partial charge in [0.1, 0.15) is 19.7 Å². The van der Waals surface area contributed by atoms with Crippen molar-refractivity contribution in [1.82, 2.24) is 0 Å². The van der Waals surface area contributed by atoms with Crippen LogP contribution in [0.15, 0.2) is 0 Å². The highest BCUT2D eigenvalue weighted by molar-refractivity contribution is 7.91. The molecule has 0 amide bonds. The second-order valence-corrected chi connectivity index (χ2v) is 10.0. The first-order valence-corrected chi connectivity index (χ1v) is 9.80. The third kappa shape index (κ3) is 6.91. The molecule has 2 fully saturated rings. The predicted molar refractivity (Wildman–Crippen MR) is 86.2 cm³/mol. The lowest BCUT2D eigenvalue weighted by molar-refractivity contribution is 0.410. The molecule has 0 aromatic rings. The van der Waals surface area contributed by atoms with Crippen LogP contribution >= 0.6 is 24.8 Å². The Morgan fingerprint density at radius 3 is 0.950 bits per heavy atom. The van der Waals surface area contributed by atoms with Gasteiger partial charge in [0, 0.05) is 24.6 Å². The zero-order chi connectivity index (χ0) is 14.1. The minimum absolute atomic E-state index is 0. The van der Waals surface area contributed by atoms with E-state index in [0.29, 0.717) is 25.7 Å². The fraction of sp³-hybridized carbons (Fsp3) is 1.00. The zero-order valence-corrected chi connectivity index (χ0v) is 14.8. The summed E-state index contributed by atoms with van der Waals surface area (Å²) in [7, 11) is -5.56. The number of halogens is 2. The Kier molecular flexibility index (Phi) is 9.23. The first-order chi connectivity index (χ1) is 8.00. The Morgan fingerprint density at radius 2 is 0.900 bits per heavy atom. The van der Waals surface area contributed by atoms with Gasteiger partial charge in [0.25, 0.3) is 0 Å². The summed E-state index contributed by atoms with van der Waals surface area (Å²) < 4.78 is 42.8. The minimum atomic E-state index is -2.78. The van der Waals surface area contributed by atoms with Gasteiger partial charge >= 0.3 is 0 Å². The molecule has 0 unspecified atom stereocenters. The van der Waals surface area contributed by atoms with Gasteiger partial charge in [-0.25, -0.2) is 16.8 Å². The van der Waals surface area contributed by atoms with Crippen LogP contribution in [0.25, 0.3) is 0 Å². The highest BCUT2D eigenvalue weighted by Gasteiger charge is 2.34. The molecule has 0 aliphatic heterocycles. The molecular formula is C10H24Cl2N2O4S2. The van der Waals surface area contributed by atoms with Crippen LogP contribution in [0.3, 0.4) is 0 Å². The van der Waals surface area contributed by atoms with Crippen LogP contribution in [0.1, 0.15) is 25.7 Å². The molecule has 0 atom stereocenters. The molecule has 0 aromatic heterocycles. The summed E-state index contributed by atoms with van der Waals surface area (Å²) in [6.45, 7) is 0. The molecule has 124 valence electrons. The molecule has 2 saturated carbocycles. The normalized spacial score (nSPS) is 32.2. The fourth-order valence-corrected chi connectivity index (χ4v) is 4.30. The lowest BCUT2D eigenvalue weighted by Crippen LogP contribution is -2.44. The first-order valence-electron chi connectivity index (χ1n) is 5.89. The van der Waals surface area contributed by atoms with Crippen molar-refractivity contribution >= 4 is 44.5 Å². The first kappa shape index (κ1) is 22.7. The van der Waals surface area contributed by atoms with Crippen LogP contribution in [0.5, 0.6) is 0 Å². The Balaban J connectivity index is 0. The Morgan fingerprint density at radius 1 is 0.700 bits per heavy atom. The van der Waals surface area contributed by atoms with Crippen molar-refractivity contribution in [3.05, 3.63) is 0 Å². The SMILES string of the molecule is CS(=O)(=O)C1CC(N)C1.CS(=O)(=O)C1CC(N)C1.Cl.Cl. The van der Waals surface area contributed by atoms with E-state index in [1.54, 1.807) is 0 Å². The average molecular weight is 371 g/mol. The Labute approximate surface area is 133 Å². The molecule has 2 aliphatic rings. The monoisotopic (exact) mass is 370 g/mol. The van der Waals surface area contributed by atoms with Crippen molar-refractivity contribution in [2.75, 3.05) is 12.5 Å². The van der Waals surface area contributed by atoms with E-state index in [1.165, 1.54) is 12.5 Å². The molecule has 0 radical (unpaired) electrons. The maximum absolute atomic E-state index is 10.7. The summed E-state index contributed by atoms with van der Waals surface area (Å²) in [5, 5.41) is -0.292. The average Bonchev–Trinajstić information content (AvgIpc) is 2.05. The maximum Gasteiger partial charge on any atom is 0.150 e. The van der Waals surface area contributed by atoms with Gasteiger partial charge in [-0.3, -0.25) is 0 Å². The number of hydrogen-bond acceptors (Lipinski definition) is 6. The Bertz CT molecular complexity index is 437. The van der Waals surface area contributed by atoms with Crippen LogP contribution in [0.2, 0.25) is 0 Å². The molecule has 2 aliphatic carbocycles. The van der Waals surface area contributed by atoms with Gasteiger partial charge in [-0.15, -0.1) is 24.8 Å². The number of rotatable bonds is 2. The van der Waals surface area contributed by atoms with E-state index in [1.807, 2.05) is 0 Å². The van der Waals surface area contributed by atoms with Gasteiger partial charge in [-0.05, 0) is 25.7 Å². The summed E-state index contributed by atoms with van der Waals surface area (Å²) in [5.74, 6) is 0. The smallest absolute Gasteiger partial charge is 0.150 e. The van der Waals surface area contributed by atoms with Crippen LogP contribution in [-0.2, 0) is 19.7 Å². The zero-order valence-electron chi connectivity index (χ0n) is 11.6. The molecule has 0 heterocycles. The number of hydrogen-bond donors (Lipinski definition) is 2. The molecule has 0 bridgehead atoms. The third-order valence-electron chi connectivity index (χ3n) is 3.47. The van der Waals surface area contributed by atoms with E-state index in [-0.39, 0.29) is 47.4 Å². The molecule has 0 saturated heterocycles. The highest BCUT2D eigenvalue weighted by Crippen LogP contribution is 2.24. The van der Waals surface area contributed by atoms with E-state index in [4.69, 9.17) is 11.5 Å². The van der Waals surface area contributed by atoms with Crippen molar-refractivity contribution in [3.8, 4) is 0 Å². The van der Waals surface area contributed by atoms with E-state index < -0.39 is 19.7 Å². The van der Waals surface area contributed by atoms with Crippen LogP contribution in [0.4, 0.5) is 0 Å². The summed E-state index contributed by atoms with van der Waals surface area (Å²) in [5.41, 5.74) is 10.8. The van der Waals surface area contributed by atoms with Crippen molar-refractivity contribution in [3.63, 3.8) is 0 Å². The summed E-state index contributed by atoms with van der Waals surface area (Å²) in [4.78, 5) is 0. The van der Waals surface area contributed by atoms with Crippen molar-refractivity contribution < 1.29 is 16.8 Å². The van der Waals surface area contributed by atoms with Crippen LogP contribution < -0.4 is 11.5 Å². The van der Waals surface area contributed by atoms with Crippen molar-refractivity contribution in [1.29, 1.82) is 0 Å². The van der Waals surface area contributed by atoms with E-state index >= 15 is 0 Å². The summed E-state index contributed by atoms with van der Waals surface area (Å²) >= 11 is 0. The van der Waals surface area contributed by atoms with Gasteiger partial charge in [0.15, 0.2) is 0 Å². The van der Waals surface area contributed by atoms with Gasteiger partial charge in [-0.2, -0.15) is 0 Å². The van der Waals surface area contributed by atoms with Crippen LogP contribution in [-0.4, -0.2) is 51.9 Å². The fourth-order valence-electron chi connectivity index (χ4n) is 1.91. The quantitative estimate of drug-likeness (QED) is 0.699. The molecule has 6 nitrogen and oxygen atoms in total. The maximum atomic E-state index is 10.7. The van der Waals surface area contributed by atoms with Crippen molar-refractivity contribution in [2.24, 2.45) is 11.5 Å². The van der Waals surface area contributed by atoms with Crippen molar-refractivity contribution in [2.45, 2.75) is 48.3 Å². The number of sulfone groups is 2. The molecule has 10 heteroatoms. The second kappa shape index (κ2) is 8.14. The summed E-state index contributed by atoms with van der Waals surface area (Å²) in [6.07, 6.45) is 5.14. The molecule has 4 N–H and O–H groups in total. The predicted octanol–water partition coefficient (Wildman–Crippen LogP) is -0.115. The molecule has 0 aromatic carbocycles. The molecule has 2 rings (SSSR count). The molecule has 20 heavy (non-hydrogen) atoms. The van der Waals surface area contributed by atoms with E-state index in [2.05, 4.69) is 0 Å². The second-order valence-electron chi connectivity index (χ2n) is 5.37. The topological polar surface area (TPSA) is 120 Å². The van der Waals surface area contributed by atoms with E-state index in [9.17, 15) is 16.8 Å². The van der Waals surface area contributed by atoms with Gasteiger partial charge < -0.3 is 11.5 Å². The standard InChI is InChI=1S/2C5H11NO2S.2ClH/c2*1-9(7,8)5-2-4(6)3-5;;/h2*4-5H,2-3,6H2,1H3;2*1H. The van der Waals surface area contributed by atoms with Gasteiger partial charge in [0.05, 0.1) is 10.5 Å². The molecule has 0 spiro atoms. The summed E-state index contributed by atoms with van der Waals surface area (Å²) in [6, 6.07) is 0.259. The third-order valence-corrected chi connectivity index (χ3v) is 6.67. The Hall–Kier alpha value is 0.400. The minimum Gasteiger partial charge on any atom is -0.328 e. The largest absolute Gasteiger partial charge is 0.328 e. The van der Waals surface area contributed by atoms with Gasteiger partial charge in [0.2, 0.25) is 0 Å². The van der Waals surface area contributed by atoms with Gasteiger partial charge in [-0.1, -0.05) is 0 Å². The lowest BCUT2D eigenvalue weighted by Gasteiger charge is -2.30. The number of nitrogens with two attached hydrogens (primary N) is 2. The highest BCUT2D eigenvalue weighted by atomic mass is 35.5.